The Labute approximate surface area is 83.8 Å². The van der Waals surface area contributed by atoms with Gasteiger partial charge in [0.05, 0.1) is 5.69 Å². The van der Waals surface area contributed by atoms with Gasteiger partial charge in [0.1, 0.15) is 5.83 Å². The Morgan fingerprint density at radius 2 is 2.14 bits per heavy atom. The van der Waals surface area contributed by atoms with Crippen molar-refractivity contribution in [2.24, 2.45) is 0 Å². The molecule has 2 nitrogen and oxygen atoms in total. The third kappa shape index (κ3) is 1.68. The number of aromatic nitrogens is 1. The van der Waals surface area contributed by atoms with Crippen molar-refractivity contribution in [3.63, 3.8) is 0 Å². The van der Waals surface area contributed by atoms with Crippen molar-refractivity contribution < 1.29 is 8.78 Å². The summed E-state index contributed by atoms with van der Waals surface area (Å²) in [5.41, 5.74) is 6.80. The fraction of sp³-hybridized carbons (Fsp3) is 0.222. The van der Waals surface area contributed by atoms with Crippen LogP contribution < -0.4 is 5.73 Å². The van der Waals surface area contributed by atoms with Gasteiger partial charge in [-0.25, -0.2) is 13.8 Å². The van der Waals surface area contributed by atoms with Gasteiger partial charge in [0.15, 0.2) is 11.0 Å². The van der Waals surface area contributed by atoms with Gasteiger partial charge in [0, 0.05) is 11.8 Å². The first-order valence-corrected chi connectivity index (χ1v) is 5.01. The van der Waals surface area contributed by atoms with Gasteiger partial charge in [-0.1, -0.05) is 0 Å². The highest BCUT2D eigenvalue weighted by Crippen LogP contribution is 2.32. The summed E-state index contributed by atoms with van der Waals surface area (Å²) in [4.78, 5) is 4.01. The molecule has 0 aromatic carbocycles. The number of halogens is 2. The van der Waals surface area contributed by atoms with Crippen LogP contribution in [0.15, 0.2) is 23.1 Å². The van der Waals surface area contributed by atoms with E-state index in [-0.39, 0.29) is 6.42 Å². The highest BCUT2D eigenvalue weighted by molar-refractivity contribution is 7.13. The number of hydrogen-bond acceptors (Lipinski definition) is 3. The molecule has 0 radical (unpaired) electrons. The van der Waals surface area contributed by atoms with E-state index >= 15 is 0 Å². The van der Waals surface area contributed by atoms with E-state index in [0.717, 1.165) is 0 Å². The Kier molecular flexibility index (Phi) is 2.33. The summed E-state index contributed by atoms with van der Waals surface area (Å²) >= 11 is 1.29. The predicted molar refractivity (Wildman–Crippen MR) is 53.0 cm³/mol. The molecule has 0 aliphatic heterocycles. The number of nitrogens with zero attached hydrogens (tertiary/aromatic N) is 1. The van der Waals surface area contributed by atoms with Gasteiger partial charge < -0.3 is 5.73 Å². The van der Waals surface area contributed by atoms with Crippen molar-refractivity contribution in [3.05, 3.63) is 28.8 Å². The molecular formula is C9H8F2N2S. The van der Waals surface area contributed by atoms with Crippen LogP contribution in [0.25, 0.3) is 5.57 Å². The standard InChI is InChI=1S/C9H8F2N2S/c10-6-2-1-5(3-7(6)11)8-4-14-9(12)13-8/h3-4H,1-2H2,(H2,12,13). The van der Waals surface area contributed by atoms with Crippen molar-refractivity contribution in [2.45, 2.75) is 12.8 Å². The van der Waals surface area contributed by atoms with Gasteiger partial charge in [-0.2, -0.15) is 0 Å². The maximum absolute atomic E-state index is 12.9. The molecule has 2 N–H and O–H groups in total. The number of nitrogen functional groups attached to an aromatic ring is 1. The highest BCUT2D eigenvalue weighted by atomic mass is 32.1. The predicted octanol–water partition coefficient (Wildman–Crippen LogP) is 3.05. The molecule has 0 spiro atoms. The Morgan fingerprint density at radius 1 is 1.36 bits per heavy atom. The minimum atomic E-state index is -0.794. The molecule has 0 bridgehead atoms. The van der Waals surface area contributed by atoms with Gasteiger partial charge in [-0.3, -0.25) is 0 Å². The van der Waals surface area contributed by atoms with Gasteiger partial charge in [-0.15, -0.1) is 11.3 Å². The molecule has 0 amide bonds. The average molecular weight is 214 g/mol. The van der Waals surface area contributed by atoms with E-state index in [2.05, 4.69) is 4.98 Å². The second-order valence-corrected chi connectivity index (χ2v) is 3.88. The van der Waals surface area contributed by atoms with Crippen LogP contribution in [0.2, 0.25) is 0 Å². The molecule has 1 aliphatic rings. The quantitative estimate of drug-likeness (QED) is 0.780. The molecule has 14 heavy (non-hydrogen) atoms. The van der Waals surface area contributed by atoms with Gasteiger partial charge in [0.2, 0.25) is 0 Å². The zero-order chi connectivity index (χ0) is 10.1. The number of thiazole rings is 1. The molecule has 0 saturated heterocycles. The Bertz CT molecular complexity index is 420. The highest BCUT2D eigenvalue weighted by Gasteiger charge is 2.15. The Hall–Kier alpha value is -1.23. The van der Waals surface area contributed by atoms with E-state index in [1.165, 1.54) is 17.4 Å². The Morgan fingerprint density at radius 3 is 2.71 bits per heavy atom. The van der Waals surface area contributed by atoms with Crippen LogP contribution in [0.3, 0.4) is 0 Å². The van der Waals surface area contributed by atoms with E-state index < -0.39 is 11.7 Å². The fourth-order valence-electron chi connectivity index (χ4n) is 1.30. The molecule has 2 rings (SSSR count). The molecule has 1 heterocycles. The lowest BCUT2D eigenvalue weighted by atomic mass is 10.0. The zero-order valence-corrected chi connectivity index (χ0v) is 8.07. The van der Waals surface area contributed by atoms with Crippen molar-refractivity contribution in [2.75, 3.05) is 5.73 Å². The van der Waals surface area contributed by atoms with E-state index in [9.17, 15) is 8.78 Å². The number of anilines is 1. The summed E-state index contributed by atoms with van der Waals surface area (Å²) in [5, 5.41) is 2.19. The molecule has 74 valence electrons. The molecular weight excluding hydrogens is 206 g/mol. The topological polar surface area (TPSA) is 38.9 Å². The van der Waals surface area contributed by atoms with Crippen LogP contribution in [0.4, 0.5) is 13.9 Å². The smallest absolute Gasteiger partial charge is 0.180 e. The van der Waals surface area contributed by atoms with Crippen LogP contribution >= 0.6 is 11.3 Å². The molecule has 1 aliphatic carbocycles. The average Bonchev–Trinajstić information content (AvgIpc) is 2.57. The SMILES string of the molecule is Nc1nc(C2=CC(F)=C(F)CC2)cs1. The number of allylic oxidation sites excluding steroid dienone is 4. The summed E-state index contributed by atoms with van der Waals surface area (Å²) in [6, 6.07) is 0. The molecule has 0 fully saturated rings. The molecule has 0 atom stereocenters. The summed E-state index contributed by atoms with van der Waals surface area (Å²) in [5.74, 6) is -1.48. The van der Waals surface area contributed by atoms with Crippen molar-refractivity contribution >= 4 is 22.0 Å². The fourth-order valence-corrected chi connectivity index (χ4v) is 1.89. The summed E-state index contributed by atoms with van der Waals surface area (Å²) in [6.45, 7) is 0. The normalized spacial score (nSPS) is 17.1. The number of hydrogen-bond donors (Lipinski definition) is 1. The van der Waals surface area contributed by atoms with Gasteiger partial charge in [-0.05, 0) is 18.1 Å². The first kappa shape index (κ1) is 9.33. The summed E-state index contributed by atoms with van der Waals surface area (Å²) in [6.07, 6.45) is 1.77. The van der Waals surface area contributed by atoms with Crippen molar-refractivity contribution in [3.8, 4) is 0 Å². The summed E-state index contributed by atoms with van der Waals surface area (Å²) < 4.78 is 25.6. The van der Waals surface area contributed by atoms with Crippen LogP contribution in [0.1, 0.15) is 18.5 Å². The second kappa shape index (κ2) is 3.49. The van der Waals surface area contributed by atoms with Crippen molar-refractivity contribution in [1.29, 1.82) is 0 Å². The van der Waals surface area contributed by atoms with Crippen molar-refractivity contribution in [1.82, 2.24) is 4.98 Å². The molecule has 5 heteroatoms. The molecule has 0 saturated carbocycles. The van der Waals surface area contributed by atoms with Gasteiger partial charge >= 0.3 is 0 Å². The van der Waals surface area contributed by atoms with Crippen LogP contribution in [-0.2, 0) is 0 Å². The lowest BCUT2D eigenvalue weighted by Crippen LogP contribution is -1.94. The van der Waals surface area contributed by atoms with Crippen LogP contribution in [0.5, 0.6) is 0 Å². The monoisotopic (exact) mass is 214 g/mol. The minimum Gasteiger partial charge on any atom is -0.375 e. The first-order valence-electron chi connectivity index (χ1n) is 4.13. The zero-order valence-electron chi connectivity index (χ0n) is 7.26. The van der Waals surface area contributed by atoms with E-state index in [1.807, 2.05) is 0 Å². The molecule has 0 unspecified atom stereocenters. The third-order valence-corrected chi connectivity index (χ3v) is 2.70. The second-order valence-electron chi connectivity index (χ2n) is 2.99. The Balaban J connectivity index is 2.33. The molecule has 1 aromatic rings. The maximum Gasteiger partial charge on any atom is 0.180 e. The maximum atomic E-state index is 12.9. The number of rotatable bonds is 1. The molecule has 1 aromatic heterocycles. The van der Waals surface area contributed by atoms with E-state index in [1.54, 1.807) is 5.38 Å². The van der Waals surface area contributed by atoms with E-state index in [4.69, 9.17) is 5.73 Å². The minimum absolute atomic E-state index is 0.106. The van der Waals surface area contributed by atoms with Crippen LogP contribution in [-0.4, -0.2) is 4.98 Å². The third-order valence-electron chi connectivity index (χ3n) is 2.02. The lowest BCUT2D eigenvalue weighted by molar-refractivity contribution is 0.518. The van der Waals surface area contributed by atoms with Gasteiger partial charge in [0.25, 0.3) is 0 Å². The lowest BCUT2D eigenvalue weighted by Gasteiger charge is -2.08. The number of nitrogens with two attached hydrogens (primary N) is 1. The van der Waals surface area contributed by atoms with Crippen LogP contribution in [0, 0.1) is 0 Å². The summed E-state index contributed by atoms with van der Waals surface area (Å²) in [7, 11) is 0. The van der Waals surface area contributed by atoms with E-state index in [0.29, 0.717) is 22.8 Å². The largest absolute Gasteiger partial charge is 0.375 e. The first-order chi connectivity index (χ1) is 6.66.